The third kappa shape index (κ3) is 7.85. The predicted octanol–water partition coefficient (Wildman–Crippen LogP) is 17.0. The van der Waals surface area contributed by atoms with Gasteiger partial charge in [-0.2, -0.15) is 12.1 Å². The minimum atomic E-state index is -0.234. The summed E-state index contributed by atoms with van der Waals surface area (Å²) in [5.74, 6) is 3.43. The number of para-hydroxylation sites is 3. The van der Waals surface area contributed by atoms with E-state index in [9.17, 15) is 0 Å². The molecule has 5 aliphatic heterocycles. The van der Waals surface area contributed by atoms with E-state index in [1.54, 1.807) is 0 Å². The summed E-state index contributed by atoms with van der Waals surface area (Å²) in [6, 6.07) is 79.4. The van der Waals surface area contributed by atoms with Crippen molar-refractivity contribution in [2.45, 2.75) is 26.2 Å². The molecule has 5 aliphatic rings. The molecule has 0 atom stereocenters. The van der Waals surface area contributed by atoms with Crippen molar-refractivity contribution in [2.24, 2.45) is 0 Å². The Balaban J connectivity index is 0.00000517. The van der Waals surface area contributed by atoms with Gasteiger partial charge in [-0.05, 0) is 92.7 Å². The number of aromatic nitrogens is 2. The van der Waals surface area contributed by atoms with Gasteiger partial charge in [0.25, 0.3) is 0 Å². The van der Waals surface area contributed by atoms with Gasteiger partial charge in [-0.3, -0.25) is 0 Å². The van der Waals surface area contributed by atoms with E-state index >= 15 is 0 Å². The van der Waals surface area contributed by atoms with Crippen molar-refractivity contribution < 1.29 is 30.5 Å². The first-order valence-corrected chi connectivity index (χ1v) is 23.7. The Morgan fingerprint density at radius 3 is 1.89 bits per heavy atom. The quantitative estimate of drug-likeness (QED) is 0.161. The van der Waals surface area contributed by atoms with Crippen molar-refractivity contribution in [3.05, 3.63) is 237 Å². The minimum absolute atomic E-state index is 0. The topological polar surface area (TPSA) is 42.8 Å². The number of rotatable bonds is 2. The fraction of sp³-hybridized carbons (Fsp3) is 0.0625. The molecule has 0 fully saturated rings. The number of hydrogen-bond acceptors (Lipinski definition) is 5. The Hall–Kier alpha value is -8.18. The summed E-state index contributed by atoms with van der Waals surface area (Å²) in [6.45, 7) is 8.94. The van der Waals surface area contributed by atoms with Crippen LogP contribution in [0.4, 0.5) is 22.7 Å². The van der Waals surface area contributed by atoms with E-state index in [4.69, 9.17) is 14.5 Å². The van der Waals surface area contributed by atoms with Crippen molar-refractivity contribution in [3.63, 3.8) is 0 Å². The second-order valence-electron chi connectivity index (χ2n) is 18.9. The number of pyridine rings is 1. The van der Waals surface area contributed by atoms with E-state index in [1.165, 1.54) is 0 Å². The molecule has 2 aromatic heterocycles. The SMILES string of the molecule is CC(C)(C)c1cc2ncc1-c1cccc(c1)Oc1ccc(cc1)-c1cccc(-c3ccccc3)c1N1[CH-]N(c3[c-]c(ccc3)Oc3[c-]c4c(cc3)c3cc(-c5ccccc5)ccc3n4-2)c2ccccc21.[Pt]. The number of nitrogens with zero attached hydrogens (tertiary/aromatic N) is 4. The summed E-state index contributed by atoms with van der Waals surface area (Å²) in [5.41, 5.74) is 15.5. The first kappa shape index (κ1) is 44.1. The standard InChI is InChI=1S/C64H45N4O2.Pt/c1-64(2,3)57-39-62-65-40-56(57)46-19-12-21-49(35-46)69-48-30-27-44(28-31-48)53-24-14-23-52(43-17-8-5-9-18-43)63(53)67-41-66(59-25-10-11-26-60(59)67)47-20-13-22-50(37-47)70-51-32-33-54-55-36-45(42-15-6-4-7-16-42)29-34-58(55)68(62)61(54)38-51;/h4-36,39-41H,1-3H3;/q-3;. The van der Waals surface area contributed by atoms with Crippen LogP contribution >= 0.6 is 0 Å². The fourth-order valence-electron chi connectivity index (χ4n) is 10.1. The van der Waals surface area contributed by atoms with Gasteiger partial charge in [0, 0.05) is 78.0 Å². The zero-order chi connectivity index (χ0) is 46.9. The van der Waals surface area contributed by atoms with E-state index < -0.39 is 0 Å². The Morgan fingerprint density at radius 1 is 0.479 bits per heavy atom. The number of fused-ring (bicyclic) bond motifs is 3. The second kappa shape index (κ2) is 17.7. The number of anilines is 4. The zero-order valence-corrected chi connectivity index (χ0v) is 41.5. The summed E-state index contributed by atoms with van der Waals surface area (Å²) in [7, 11) is 0. The van der Waals surface area contributed by atoms with Gasteiger partial charge in [-0.25, -0.2) is 4.98 Å². The van der Waals surface area contributed by atoms with E-state index in [0.717, 1.165) is 112 Å². The minimum Gasteiger partial charge on any atom is -0.509 e. The van der Waals surface area contributed by atoms with Crippen LogP contribution in [0.15, 0.2) is 212 Å². The Labute approximate surface area is 428 Å². The number of ether oxygens (including phenoxy) is 2. The Morgan fingerprint density at radius 2 is 1.13 bits per heavy atom. The molecule has 16 rings (SSSR count). The smallest absolute Gasteiger partial charge is 0.135 e. The molecular formula is C64H45N4O2Pt-3. The summed E-state index contributed by atoms with van der Waals surface area (Å²) >= 11 is 0. The maximum absolute atomic E-state index is 6.78. The molecule has 9 aromatic carbocycles. The van der Waals surface area contributed by atoms with Crippen LogP contribution < -0.4 is 19.3 Å². The zero-order valence-electron chi connectivity index (χ0n) is 39.2. The van der Waals surface area contributed by atoms with Gasteiger partial charge in [0.1, 0.15) is 17.3 Å². The molecule has 6 nitrogen and oxygen atoms in total. The molecule has 11 aromatic rings. The van der Waals surface area contributed by atoms with Crippen molar-refractivity contribution in [1.82, 2.24) is 9.55 Å². The molecule has 71 heavy (non-hydrogen) atoms. The molecule has 12 bridgehead atoms. The molecule has 7 heteroatoms. The summed E-state index contributed by atoms with van der Waals surface area (Å²) in [5, 5.41) is 2.15. The summed E-state index contributed by atoms with van der Waals surface area (Å²) in [4.78, 5) is 9.76. The summed E-state index contributed by atoms with van der Waals surface area (Å²) in [6.07, 6.45) is 2.01. The Bertz CT molecular complexity index is 3810. The number of benzene rings is 9. The molecule has 0 saturated carbocycles. The van der Waals surface area contributed by atoms with Crippen LogP contribution in [-0.4, -0.2) is 9.55 Å². The van der Waals surface area contributed by atoms with Gasteiger partial charge < -0.3 is 23.8 Å². The van der Waals surface area contributed by atoms with Crippen molar-refractivity contribution in [3.8, 4) is 73.3 Å². The fourth-order valence-corrected chi connectivity index (χ4v) is 10.1. The van der Waals surface area contributed by atoms with Crippen LogP contribution in [0.1, 0.15) is 26.3 Å². The molecule has 0 saturated heterocycles. The van der Waals surface area contributed by atoms with Crippen LogP contribution in [-0.2, 0) is 26.5 Å². The predicted molar refractivity (Wildman–Crippen MR) is 285 cm³/mol. The normalized spacial score (nSPS) is 12.7. The molecular weight excluding hydrogens is 1050 g/mol. The molecule has 0 amide bonds. The van der Waals surface area contributed by atoms with E-state index in [1.807, 2.05) is 30.5 Å². The van der Waals surface area contributed by atoms with E-state index in [2.05, 4.69) is 236 Å². The van der Waals surface area contributed by atoms with E-state index in [0.29, 0.717) is 11.5 Å². The summed E-state index contributed by atoms with van der Waals surface area (Å²) < 4.78 is 15.7. The largest absolute Gasteiger partial charge is 0.509 e. The van der Waals surface area contributed by atoms with Gasteiger partial charge in [-0.1, -0.05) is 154 Å². The van der Waals surface area contributed by atoms with Gasteiger partial charge >= 0.3 is 0 Å². The molecule has 7 heterocycles. The molecule has 0 N–H and O–H groups in total. The first-order chi connectivity index (χ1) is 34.3. The van der Waals surface area contributed by atoms with E-state index in [-0.39, 0.29) is 26.5 Å². The molecule has 0 spiro atoms. The van der Waals surface area contributed by atoms with Gasteiger partial charge in [0.2, 0.25) is 0 Å². The average Bonchev–Trinajstić information content (AvgIpc) is 3.94. The third-order valence-electron chi connectivity index (χ3n) is 13.5. The van der Waals surface area contributed by atoms with Crippen LogP contribution in [0, 0.1) is 18.8 Å². The van der Waals surface area contributed by atoms with Crippen LogP contribution in [0.3, 0.4) is 0 Å². The van der Waals surface area contributed by atoms with Gasteiger partial charge in [0.15, 0.2) is 0 Å². The van der Waals surface area contributed by atoms with Crippen LogP contribution in [0.25, 0.3) is 72.1 Å². The van der Waals surface area contributed by atoms with Crippen molar-refractivity contribution >= 4 is 44.6 Å². The average molecular weight is 1100 g/mol. The Kier molecular flexibility index (Phi) is 11.0. The molecule has 0 unspecified atom stereocenters. The van der Waals surface area contributed by atoms with Gasteiger partial charge in [0.05, 0.1) is 0 Å². The monoisotopic (exact) mass is 1100 g/mol. The molecule has 0 aliphatic carbocycles. The maximum atomic E-state index is 6.78. The third-order valence-corrected chi connectivity index (χ3v) is 13.5. The second-order valence-corrected chi connectivity index (χ2v) is 18.9. The van der Waals surface area contributed by atoms with Gasteiger partial charge in [-0.15, -0.1) is 48.1 Å². The van der Waals surface area contributed by atoms with Crippen molar-refractivity contribution in [1.29, 1.82) is 0 Å². The number of hydrogen-bond donors (Lipinski definition) is 0. The molecule has 346 valence electrons. The maximum Gasteiger partial charge on any atom is 0.135 e. The van der Waals surface area contributed by atoms with Crippen molar-refractivity contribution in [2.75, 3.05) is 9.80 Å². The first-order valence-electron chi connectivity index (χ1n) is 23.7. The van der Waals surface area contributed by atoms with Crippen LogP contribution in [0.2, 0.25) is 0 Å². The van der Waals surface area contributed by atoms with Crippen LogP contribution in [0.5, 0.6) is 23.0 Å². The molecule has 0 radical (unpaired) electrons.